The van der Waals surface area contributed by atoms with Crippen molar-refractivity contribution in [1.82, 2.24) is 10.6 Å². The molecule has 2 amide bonds. The van der Waals surface area contributed by atoms with E-state index in [1.807, 2.05) is 6.92 Å². The average molecular weight is 254 g/mol. The van der Waals surface area contributed by atoms with Crippen LogP contribution in [0.2, 0.25) is 0 Å². The van der Waals surface area contributed by atoms with Crippen LogP contribution in [0.5, 0.6) is 0 Å². The molecule has 0 unspecified atom stereocenters. The zero-order valence-electron chi connectivity index (χ0n) is 12.2. The number of amides is 2. The summed E-state index contributed by atoms with van der Waals surface area (Å²) in [6.45, 7) is 9.96. The zero-order chi connectivity index (χ0) is 13.9. The van der Waals surface area contributed by atoms with Gasteiger partial charge in [0.25, 0.3) is 0 Å². The van der Waals surface area contributed by atoms with Crippen molar-refractivity contribution in [3.05, 3.63) is 0 Å². The summed E-state index contributed by atoms with van der Waals surface area (Å²) in [6, 6.07) is -0.379. The molecule has 0 spiro atoms. The Bertz CT molecular complexity index is 316. The molecule has 1 saturated carbocycles. The first-order valence-electron chi connectivity index (χ1n) is 6.82. The van der Waals surface area contributed by atoms with Crippen molar-refractivity contribution in [3.63, 3.8) is 0 Å². The third-order valence-electron chi connectivity index (χ3n) is 3.89. The van der Waals surface area contributed by atoms with Gasteiger partial charge < -0.3 is 10.6 Å². The largest absolute Gasteiger partial charge is 0.351 e. The van der Waals surface area contributed by atoms with Gasteiger partial charge in [0.2, 0.25) is 11.8 Å². The van der Waals surface area contributed by atoms with Gasteiger partial charge in [0.05, 0.1) is 0 Å². The summed E-state index contributed by atoms with van der Waals surface area (Å²) < 4.78 is 0. The van der Waals surface area contributed by atoms with E-state index in [4.69, 9.17) is 0 Å². The van der Waals surface area contributed by atoms with Crippen molar-refractivity contribution in [2.24, 2.45) is 11.3 Å². The SMILES string of the molecule is C[C@H](NC(=O)[C@@H](C)NC(=O)C1CCC1)C(C)(C)C. The summed E-state index contributed by atoms with van der Waals surface area (Å²) in [5, 5.41) is 5.73. The quantitative estimate of drug-likeness (QED) is 0.804. The minimum Gasteiger partial charge on any atom is -0.351 e. The molecule has 1 fully saturated rings. The standard InChI is InChI=1S/C14H26N2O2/c1-9(15-13(18)11-7-6-8-11)12(17)16-10(2)14(3,4)5/h9-11H,6-8H2,1-5H3,(H,15,18)(H,16,17)/t9-,10+/m1/s1. The summed E-state index contributed by atoms with van der Waals surface area (Å²) in [6.07, 6.45) is 3.04. The molecule has 4 nitrogen and oxygen atoms in total. The van der Waals surface area contributed by atoms with Gasteiger partial charge in [-0.3, -0.25) is 9.59 Å². The Labute approximate surface area is 110 Å². The molecular formula is C14H26N2O2. The van der Waals surface area contributed by atoms with E-state index in [2.05, 4.69) is 31.4 Å². The van der Waals surface area contributed by atoms with Crippen molar-refractivity contribution in [1.29, 1.82) is 0 Å². The molecule has 0 bridgehead atoms. The smallest absolute Gasteiger partial charge is 0.242 e. The molecule has 0 aromatic carbocycles. The lowest BCUT2D eigenvalue weighted by atomic mass is 9.84. The first kappa shape index (κ1) is 15.0. The van der Waals surface area contributed by atoms with Crippen LogP contribution in [0.3, 0.4) is 0 Å². The highest BCUT2D eigenvalue weighted by Crippen LogP contribution is 2.26. The van der Waals surface area contributed by atoms with Crippen molar-refractivity contribution >= 4 is 11.8 Å². The van der Waals surface area contributed by atoms with Gasteiger partial charge in [-0.05, 0) is 32.1 Å². The van der Waals surface area contributed by atoms with Crippen LogP contribution in [-0.2, 0) is 9.59 Å². The minimum absolute atomic E-state index is 0.0207. The molecule has 0 aromatic heterocycles. The predicted octanol–water partition coefficient (Wildman–Crippen LogP) is 1.84. The van der Waals surface area contributed by atoms with Crippen LogP contribution < -0.4 is 10.6 Å². The van der Waals surface area contributed by atoms with Crippen LogP contribution in [0, 0.1) is 11.3 Å². The van der Waals surface area contributed by atoms with Crippen molar-refractivity contribution in [2.45, 2.75) is 66.0 Å². The highest BCUT2D eigenvalue weighted by molar-refractivity contribution is 5.88. The van der Waals surface area contributed by atoms with Crippen LogP contribution in [0.1, 0.15) is 53.9 Å². The minimum atomic E-state index is -0.456. The molecule has 1 aliphatic carbocycles. The Balaban J connectivity index is 2.39. The molecule has 0 saturated heterocycles. The molecule has 2 N–H and O–H groups in total. The molecule has 0 radical (unpaired) electrons. The van der Waals surface area contributed by atoms with E-state index in [1.54, 1.807) is 6.92 Å². The van der Waals surface area contributed by atoms with Crippen molar-refractivity contribution in [2.75, 3.05) is 0 Å². The van der Waals surface area contributed by atoms with Crippen molar-refractivity contribution < 1.29 is 9.59 Å². The number of carbonyl (C=O) groups is 2. The first-order valence-corrected chi connectivity index (χ1v) is 6.82. The van der Waals surface area contributed by atoms with Gasteiger partial charge in [0, 0.05) is 12.0 Å². The number of carbonyl (C=O) groups excluding carboxylic acids is 2. The average Bonchev–Trinajstić information content (AvgIpc) is 2.12. The second-order valence-corrected chi connectivity index (χ2v) is 6.45. The summed E-state index contributed by atoms with van der Waals surface area (Å²) in [5.74, 6) is 0.0395. The summed E-state index contributed by atoms with van der Waals surface area (Å²) >= 11 is 0. The molecule has 104 valence electrons. The number of hydrogen-bond acceptors (Lipinski definition) is 2. The maximum absolute atomic E-state index is 11.9. The topological polar surface area (TPSA) is 58.2 Å². The summed E-state index contributed by atoms with van der Waals surface area (Å²) in [7, 11) is 0. The predicted molar refractivity (Wildman–Crippen MR) is 72.0 cm³/mol. The molecule has 18 heavy (non-hydrogen) atoms. The second-order valence-electron chi connectivity index (χ2n) is 6.45. The molecule has 0 aliphatic heterocycles. The molecule has 1 rings (SSSR count). The van der Waals surface area contributed by atoms with Crippen LogP contribution in [0.15, 0.2) is 0 Å². The lowest BCUT2D eigenvalue weighted by molar-refractivity contribution is -0.132. The first-order chi connectivity index (χ1) is 8.21. The molecule has 1 aliphatic rings. The van der Waals surface area contributed by atoms with Gasteiger partial charge in [-0.25, -0.2) is 0 Å². The van der Waals surface area contributed by atoms with Crippen LogP contribution in [0.4, 0.5) is 0 Å². The van der Waals surface area contributed by atoms with E-state index in [0.29, 0.717) is 0 Å². The normalized spacial score (nSPS) is 19.6. The zero-order valence-corrected chi connectivity index (χ0v) is 12.2. The van der Waals surface area contributed by atoms with E-state index < -0.39 is 6.04 Å². The lowest BCUT2D eigenvalue weighted by Gasteiger charge is -2.30. The van der Waals surface area contributed by atoms with Crippen LogP contribution in [-0.4, -0.2) is 23.9 Å². The second kappa shape index (κ2) is 5.72. The van der Waals surface area contributed by atoms with Crippen LogP contribution in [0.25, 0.3) is 0 Å². The number of hydrogen-bond donors (Lipinski definition) is 2. The Morgan fingerprint density at radius 1 is 1.11 bits per heavy atom. The molecular weight excluding hydrogens is 228 g/mol. The van der Waals surface area contributed by atoms with E-state index >= 15 is 0 Å². The van der Waals surface area contributed by atoms with Gasteiger partial charge in [0.15, 0.2) is 0 Å². The van der Waals surface area contributed by atoms with Gasteiger partial charge in [-0.2, -0.15) is 0 Å². The highest BCUT2D eigenvalue weighted by atomic mass is 16.2. The summed E-state index contributed by atoms with van der Waals surface area (Å²) in [5.41, 5.74) is 0.0212. The fourth-order valence-corrected chi connectivity index (χ4v) is 1.62. The highest BCUT2D eigenvalue weighted by Gasteiger charge is 2.29. The Morgan fingerprint density at radius 3 is 2.06 bits per heavy atom. The number of nitrogens with one attached hydrogen (secondary N) is 2. The van der Waals surface area contributed by atoms with E-state index in [1.165, 1.54) is 0 Å². The monoisotopic (exact) mass is 254 g/mol. The third-order valence-corrected chi connectivity index (χ3v) is 3.89. The van der Waals surface area contributed by atoms with E-state index in [0.717, 1.165) is 19.3 Å². The molecule has 4 heteroatoms. The van der Waals surface area contributed by atoms with E-state index in [9.17, 15) is 9.59 Å². The fourth-order valence-electron chi connectivity index (χ4n) is 1.62. The van der Waals surface area contributed by atoms with Gasteiger partial charge in [-0.1, -0.05) is 27.2 Å². The molecule has 0 aromatic rings. The lowest BCUT2D eigenvalue weighted by Crippen LogP contribution is -2.51. The molecule has 2 atom stereocenters. The van der Waals surface area contributed by atoms with Crippen molar-refractivity contribution in [3.8, 4) is 0 Å². The van der Waals surface area contributed by atoms with Gasteiger partial charge in [-0.15, -0.1) is 0 Å². The maximum Gasteiger partial charge on any atom is 0.242 e. The Hall–Kier alpha value is -1.06. The summed E-state index contributed by atoms with van der Waals surface area (Å²) in [4.78, 5) is 23.7. The fraction of sp³-hybridized carbons (Fsp3) is 0.857. The van der Waals surface area contributed by atoms with E-state index in [-0.39, 0.29) is 29.2 Å². The van der Waals surface area contributed by atoms with Crippen LogP contribution >= 0.6 is 0 Å². The van der Waals surface area contributed by atoms with Gasteiger partial charge in [0.1, 0.15) is 6.04 Å². The Kier molecular flexibility index (Phi) is 4.77. The number of rotatable bonds is 4. The van der Waals surface area contributed by atoms with Gasteiger partial charge >= 0.3 is 0 Å². The molecule has 0 heterocycles. The third kappa shape index (κ3) is 4.00. The Morgan fingerprint density at radius 2 is 1.67 bits per heavy atom. The maximum atomic E-state index is 11.9.